The summed E-state index contributed by atoms with van der Waals surface area (Å²) in [6.45, 7) is 3.92. The zero-order chi connectivity index (χ0) is 28.5. The van der Waals surface area contributed by atoms with Gasteiger partial charge in [0.25, 0.3) is 0 Å². The van der Waals surface area contributed by atoms with E-state index < -0.39 is 0 Å². The van der Waals surface area contributed by atoms with Crippen LogP contribution in [0.4, 0.5) is 9.59 Å². The maximum atomic E-state index is 12.3. The first kappa shape index (κ1) is 28.5. The van der Waals surface area contributed by atoms with Crippen molar-refractivity contribution in [2.24, 2.45) is 0 Å². The molecule has 0 radical (unpaired) electrons. The van der Waals surface area contributed by atoms with Gasteiger partial charge in [0.15, 0.2) is 0 Å². The zero-order valence-electron chi connectivity index (χ0n) is 23.6. The summed E-state index contributed by atoms with van der Waals surface area (Å²) in [6.07, 6.45) is 4.11. The fourth-order valence-electron chi connectivity index (χ4n) is 4.50. The SMILES string of the molecule is CN1CC=C(c2cccc(C#CCNCCNCC#Cc3cccc(C4=CCN(C)C(=O)N4C)c3)c2)N(C)C1=O. The van der Waals surface area contributed by atoms with Gasteiger partial charge in [-0.3, -0.25) is 9.80 Å². The molecule has 2 aliphatic heterocycles. The molecule has 8 heteroatoms. The van der Waals surface area contributed by atoms with Crippen LogP contribution in [-0.4, -0.2) is 99.1 Å². The number of nitrogens with one attached hydrogen (secondary N) is 2. The number of rotatable bonds is 7. The number of benzene rings is 2. The summed E-state index contributed by atoms with van der Waals surface area (Å²) in [4.78, 5) is 31.2. The van der Waals surface area contributed by atoms with Gasteiger partial charge in [0, 0.05) is 65.5 Å². The van der Waals surface area contributed by atoms with E-state index in [-0.39, 0.29) is 12.1 Å². The number of likely N-dealkylation sites (N-methyl/N-ethyl adjacent to an activating group) is 2. The lowest BCUT2D eigenvalue weighted by Gasteiger charge is -2.31. The van der Waals surface area contributed by atoms with Crippen LogP contribution in [0.5, 0.6) is 0 Å². The number of hydrogen-bond donors (Lipinski definition) is 2. The molecular weight excluding hydrogens is 500 g/mol. The van der Waals surface area contributed by atoms with E-state index in [1.54, 1.807) is 47.8 Å². The van der Waals surface area contributed by atoms with Crippen molar-refractivity contribution in [2.45, 2.75) is 0 Å². The molecular formula is C32H36N6O2. The van der Waals surface area contributed by atoms with Crippen molar-refractivity contribution in [3.8, 4) is 23.7 Å². The van der Waals surface area contributed by atoms with Crippen LogP contribution in [0.3, 0.4) is 0 Å². The summed E-state index contributed by atoms with van der Waals surface area (Å²) in [7, 11) is 7.18. The van der Waals surface area contributed by atoms with Crippen molar-refractivity contribution >= 4 is 23.5 Å². The lowest BCUT2D eigenvalue weighted by atomic mass is 10.1. The molecule has 2 aliphatic rings. The van der Waals surface area contributed by atoms with E-state index in [1.807, 2.05) is 48.5 Å². The molecule has 2 heterocycles. The smallest absolute Gasteiger partial charge is 0.324 e. The Morgan fingerprint density at radius 2 is 1.10 bits per heavy atom. The second-order valence-electron chi connectivity index (χ2n) is 9.74. The second-order valence-corrected chi connectivity index (χ2v) is 9.74. The normalized spacial score (nSPS) is 15.2. The highest BCUT2D eigenvalue weighted by Gasteiger charge is 2.23. The molecule has 4 rings (SSSR count). The summed E-state index contributed by atoms with van der Waals surface area (Å²) in [5, 5.41) is 6.64. The van der Waals surface area contributed by atoms with E-state index in [2.05, 4.69) is 46.5 Å². The standard InChI is InChI=1S/C32H36N6O2/c1-35-21-15-29(37(3)31(35)39)27-13-5-9-25(23-27)11-7-17-33-19-20-34-18-8-12-26-10-6-14-28(24-26)30-16-22-36(2)32(40)38(30)4/h5-6,9-10,13-16,23-24,33-34H,17-22H2,1-4H3. The molecule has 0 unspecified atom stereocenters. The molecule has 0 saturated carbocycles. The number of carbonyl (C=O) groups excluding carboxylic acids is 2. The average Bonchev–Trinajstić information content (AvgIpc) is 2.96. The van der Waals surface area contributed by atoms with Crippen LogP contribution < -0.4 is 10.6 Å². The van der Waals surface area contributed by atoms with Crippen molar-refractivity contribution < 1.29 is 9.59 Å². The molecule has 206 valence electrons. The first-order valence-corrected chi connectivity index (χ1v) is 13.3. The van der Waals surface area contributed by atoms with Gasteiger partial charge in [-0.25, -0.2) is 9.59 Å². The number of nitrogens with zero attached hydrogens (tertiary/aromatic N) is 4. The van der Waals surface area contributed by atoms with Gasteiger partial charge in [-0.1, -0.05) is 47.9 Å². The Morgan fingerprint density at radius 1 is 0.675 bits per heavy atom. The topological polar surface area (TPSA) is 71.2 Å². The minimum Gasteiger partial charge on any atom is -0.324 e. The molecule has 0 spiro atoms. The van der Waals surface area contributed by atoms with Crippen LogP contribution in [0.15, 0.2) is 60.7 Å². The summed E-state index contributed by atoms with van der Waals surface area (Å²) in [6, 6.07) is 15.9. The van der Waals surface area contributed by atoms with Crippen molar-refractivity contribution in [1.82, 2.24) is 30.2 Å². The van der Waals surface area contributed by atoms with E-state index in [4.69, 9.17) is 0 Å². The second kappa shape index (κ2) is 13.5. The molecule has 2 aromatic rings. The zero-order valence-corrected chi connectivity index (χ0v) is 23.6. The molecule has 0 aliphatic carbocycles. The van der Waals surface area contributed by atoms with Gasteiger partial charge in [-0.15, -0.1) is 0 Å². The van der Waals surface area contributed by atoms with Crippen molar-refractivity contribution in [3.05, 3.63) is 82.9 Å². The molecule has 40 heavy (non-hydrogen) atoms. The van der Waals surface area contributed by atoms with Gasteiger partial charge in [-0.05, 0) is 47.5 Å². The molecule has 4 amide bonds. The lowest BCUT2D eigenvalue weighted by Crippen LogP contribution is -2.41. The number of amides is 4. The maximum Gasteiger partial charge on any atom is 0.324 e. The first-order valence-electron chi connectivity index (χ1n) is 13.3. The van der Waals surface area contributed by atoms with Gasteiger partial charge in [0.2, 0.25) is 0 Å². The number of hydrogen-bond acceptors (Lipinski definition) is 4. The van der Waals surface area contributed by atoms with Crippen LogP contribution in [0.25, 0.3) is 11.4 Å². The molecule has 2 aromatic carbocycles. The van der Waals surface area contributed by atoms with Crippen LogP contribution in [0, 0.1) is 23.7 Å². The molecule has 0 bridgehead atoms. The van der Waals surface area contributed by atoms with E-state index >= 15 is 0 Å². The van der Waals surface area contributed by atoms with Crippen molar-refractivity contribution in [3.63, 3.8) is 0 Å². The highest BCUT2D eigenvalue weighted by atomic mass is 16.2. The third kappa shape index (κ3) is 7.12. The quantitative estimate of drug-likeness (QED) is 0.422. The lowest BCUT2D eigenvalue weighted by molar-refractivity contribution is 0.189. The highest BCUT2D eigenvalue weighted by Crippen LogP contribution is 2.24. The molecule has 0 fully saturated rings. The van der Waals surface area contributed by atoms with Gasteiger partial charge >= 0.3 is 12.1 Å². The van der Waals surface area contributed by atoms with Crippen molar-refractivity contribution in [2.75, 3.05) is 67.5 Å². The first-order chi connectivity index (χ1) is 19.3. The third-order valence-corrected chi connectivity index (χ3v) is 6.75. The Balaban J connectivity index is 1.18. The third-order valence-electron chi connectivity index (χ3n) is 6.75. The predicted molar refractivity (Wildman–Crippen MR) is 160 cm³/mol. The fourth-order valence-corrected chi connectivity index (χ4v) is 4.50. The van der Waals surface area contributed by atoms with Crippen molar-refractivity contribution in [1.29, 1.82) is 0 Å². The monoisotopic (exact) mass is 536 g/mol. The van der Waals surface area contributed by atoms with Crippen LogP contribution in [0.2, 0.25) is 0 Å². The Morgan fingerprint density at radius 3 is 1.52 bits per heavy atom. The highest BCUT2D eigenvalue weighted by molar-refractivity contribution is 5.88. The van der Waals surface area contributed by atoms with E-state index in [0.29, 0.717) is 26.2 Å². The van der Waals surface area contributed by atoms with Crippen LogP contribution in [0.1, 0.15) is 22.3 Å². The van der Waals surface area contributed by atoms with Gasteiger partial charge < -0.3 is 20.4 Å². The molecule has 0 aromatic heterocycles. The Bertz CT molecular complexity index is 1330. The number of urea groups is 2. The molecule has 0 saturated heterocycles. The molecule has 8 nitrogen and oxygen atoms in total. The summed E-state index contributed by atoms with van der Waals surface area (Å²) < 4.78 is 0. The van der Waals surface area contributed by atoms with Crippen LogP contribution >= 0.6 is 0 Å². The minimum atomic E-state index is -0.0142. The van der Waals surface area contributed by atoms with Crippen LogP contribution in [-0.2, 0) is 0 Å². The van der Waals surface area contributed by atoms with Gasteiger partial charge in [-0.2, -0.15) is 0 Å². The van der Waals surface area contributed by atoms with E-state index in [9.17, 15) is 9.59 Å². The summed E-state index contributed by atoms with van der Waals surface area (Å²) in [5.74, 6) is 12.7. The minimum absolute atomic E-state index is 0.0142. The summed E-state index contributed by atoms with van der Waals surface area (Å²) >= 11 is 0. The Labute approximate surface area is 237 Å². The number of carbonyl (C=O) groups is 2. The fraction of sp³-hybridized carbons (Fsp3) is 0.312. The Hall–Kier alpha value is -4.50. The largest absolute Gasteiger partial charge is 0.324 e. The molecule has 0 atom stereocenters. The maximum absolute atomic E-state index is 12.3. The summed E-state index contributed by atoms with van der Waals surface area (Å²) in [5.41, 5.74) is 5.63. The van der Waals surface area contributed by atoms with Gasteiger partial charge in [0.1, 0.15) is 0 Å². The average molecular weight is 537 g/mol. The predicted octanol–water partition coefficient (Wildman–Crippen LogP) is 2.95. The molecule has 2 N–H and O–H groups in total. The van der Waals surface area contributed by atoms with E-state index in [1.165, 1.54) is 0 Å². The van der Waals surface area contributed by atoms with E-state index in [0.717, 1.165) is 46.7 Å². The Kier molecular flexibility index (Phi) is 9.64. The van der Waals surface area contributed by atoms with Gasteiger partial charge in [0.05, 0.1) is 24.5 Å².